The molecule has 4 nitrogen and oxygen atoms in total. The zero-order chi connectivity index (χ0) is 13.8. The van der Waals surface area contributed by atoms with Gasteiger partial charge < -0.3 is 4.74 Å². The number of nitrogens with zero attached hydrogens (tertiary/aromatic N) is 1. The van der Waals surface area contributed by atoms with Gasteiger partial charge in [-0.2, -0.15) is 0 Å². The second kappa shape index (κ2) is 5.48. The standard InChI is InChI=1S/C14H12FNO3/c1-10-4-2-7-13(14(10)15)19-9-11-5-3-6-12(8-11)16(17)18/h2-8H,9H2,1H3. The highest BCUT2D eigenvalue weighted by Gasteiger charge is 2.08. The van der Waals surface area contributed by atoms with E-state index in [4.69, 9.17) is 4.74 Å². The predicted octanol–water partition coefficient (Wildman–Crippen LogP) is 3.62. The highest BCUT2D eigenvalue weighted by molar-refractivity contribution is 5.35. The molecule has 2 rings (SSSR count). The van der Waals surface area contributed by atoms with Crippen molar-refractivity contribution in [3.63, 3.8) is 0 Å². The van der Waals surface area contributed by atoms with E-state index in [-0.39, 0.29) is 18.0 Å². The van der Waals surface area contributed by atoms with Crippen LogP contribution in [0.1, 0.15) is 11.1 Å². The number of hydrogen-bond acceptors (Lipinski definition) is 3. The third-order valence-corrected chi connectivity index (χ3v) is 2.67. The number of benzene rings is 2. The zero-order valence-corrected chi connectivity index (χ0v) is 10.3. The van der Waals surface area contributed by atoms with Crippen LogP contribution in [0, 0.1) is 22.9 Å². The van der Waals surface area contributed by atoms with Gasteiger partial charge in [0.1, 0.15) is 6.61 Å². The van der Waals surface area contributed by atoms with E-state index in [2.05, 4.69) is 0 Å². The van der Waals surface area contributed by atoms with Gasteiger partial charge in [0.25, 0.3) is 5.69 Å². The lowest BCUT2D eigenvalue weighted by Gasteiger charge is -2.08. The van der Waals surface area contributed by atoms with E-state index in [1.807, 2.05) is 0 Å². The molecule has 0 saturated heterocycles. The van der Waals surface area contributed by atoms with Gasteiger partial charge in [-0.25, -0.2) is 4.39 Å². The molecule has 0 aromatic heterocycles. The van der Waals surface area contributed by atoms with Gasteiger partial charge in [0.2, 0.25) is 0 Å². The smallest absolute Gasteiger partial charge is 0.269 e. The molecular weight excluding hydrogens is 249 g/mol. The van der Waals surface area contributed by atoms with Gasteiger partial charge in [0, 0.05) is 12.1 Å². The Hall–Kier alpha value is -2.43. The third kappa shape index (κ3) is 3.07. The van der Waals surface area contributed by atoms with Crippen molar-refractivity contribution in [1.29, 1.82) is 0 Å². The van der Waals surface area contributed by atoms with Gasteiger partial charge in [-0.3, -0.25) is 10.1 Å². The number of hydrogen-bond donors (Lipinski definition) is 0. The molecule has 0 saturated carbocycles. The number of nitro benzene ring substituents is 1. The average molecular weight is 261 g/mol. The number of rotatable bonds is 4. The molecule has 0 N–H and O–H groups in total. The highest BCUT2D eigenvalue weighted by atomic mass is 19.1. The molecule has 2 aromatic rings. The van der Waals surface area contributed by atoms with Crippen molar-refractivity contribution in [2.24, 2.45) is 0 Å². The summed E-state index contributed by atoms with van der Waals surface area (Å²) < 4.78 is 19.0. The Morgan fingerprint density at radius 1 is 1.26 bits per heavy atom. The second-order valence-electron chi connectivity index (χ2n) is 4.10. The van der Waals surface area contributed by atoms with E-state index in [0.717, 1.165) is 0 Å². The molecule has 0 heterocycles. The summed E-state index contributed by atoms with van der Waals surface area (Å²) in [6.07, 6.45) is 0. The van der Waals surface area contributed by atoms with Crippen molar-refractivity contribution < 1.29 is 14.1 Å². The summed E-state index contributed by atoms with van der Waals surface area (Å²) in [7, 11) is 0. The minimum atomic E-state index is -0.475. The molecule has 0 aliphatic rings. The van der Waals surface area contributed by atoms with Crippen LogP contribution in [-0.4, -0.2) is 4.92 Å². The lowest BCUT2D eigenvalue weighted by Crippen LogP contribution is -1.99. The maximum atomic E-state index is 13.7. The molecule has 0 radical (unpaired) electrons. The minimum absolute atomic E-state index is 0.00851. The van der Waals surface area contributed by atoms with Crippen molar-refractivity contribution in [2.75, 3.05) is 0 Å². The lowest BCUT2D eigenvalue weighted by atomic mass is 10.2. The van der Waals surface area contributed by atoms with Crippen LogP contribution >= 0.6 is 0 Å². The molecule has 5 heteroatoms. The molecule has 19 heavy (non-hydrogen) atoms. The molecule has 0 amide bonds. The first-order valence-corrected chi connectivity index (χ1v) is 5.69. The maximum Gasteiger partial charge on any atom is 0.269 e. The van der Waals surface area contributed by atoms with Crippen molar-refractivity contribution in [3.05, 3.63) is 69.5 Å². The summed E-state index contributed by atoms with van der Waals surface area (Å²) >= 11 is 0. The molecule has 2 aromatic carbocycles. The van der Waals surface area contributed by atoms with Crippen LogP contribution in [-0.2, 0) is 6.61 Å². The van der Waals surface area contributed by atoms with Crippen LogP contribution in [0.25, 0.3) is 0 Å². The van der Waals surface area contributed by atoms with Crippen LogP contribution in [0.3, 0.4) is 0 Å². The molecule has 98 valence electrons. The largest absolute Gasteiger partial charge is 0.486 e. The molecule has 0 aliphatic carbocycles. The number of aryl methyl sites for hydroxylation is 1. The number of non-ortho nitro benzene ring substituents is 1. The summed E-state index contributed by atoms with van der Waals surface area (Å²) in [5, 5.41) is 10.6. The van der Waals surface area contributed by atoms with Gasteiger partial charge >= 0.3 is 0 Å². The average Bonchev–Trinajstić information content (AvgIpc) is 2.41. The summed E-state index contributed by atoms with van der Waals surface area (Å²) in [6.45, 7) is 1.73. The molecule has 0 fully saturated rings. The maximum absolute atomic E-state index is 13.7. The van der Waals surface area contributed by atoms with Crippen LogP contribution in [0.5, 0.6) is 5.75 Å². The fourth-order valence-electron chi connectivity index (χ4n) is 1.65. The molecule has 0 atom stereocenters. The molecular formula is C14H12FNO3. The third-order valence-electron chi connectivity index (χ3n) is 2.67. The molecule has 0 spiro atoms. The minimum Gasteiger partial charge on any atom is -0.486 e. The first-order chi connectivity index (χ1) is 9.08. The quantitative estimate of drug-likeness (QED) is 0.624. The second-order valence-corrected chi connectivity index (χ2v) is 4.10. The zero-order valence-electron chi connectivity index (χ0n) is 10.3. The van der Waals surface area contributed by atoms with Crippen LogP contribution in [0.15, 0.2) is 42.5 Å². The Balaban J connectivity index is 2.12. The van der Waals surface area contributed by atoms with E-state index in [9.17, 15) is 14.5 Å². The lowest BCUT2D eigenvalue weighted by molar-refractivity contribution is -0.384. The Kier molecular flexibility index (Phi) is 3.75. The van der Waals surface area contributed by atoms with Gasteiger partial charge in [-0.15, -0.1) is 0 Å². The Labute approximate surface area is 109 Å². The van der Waals surface area contributed by atoms with Crippen molar-refractivity contribution >= 4 is 5.69 Å². The van der Waals surface area contributed by atoms with Crippen molar-refractivity contribution in [2.45, 2.75) is 13.5 Å². The van der Waals surface area contributed by atoms with E-state index < -0.39 is 10.7 Å². The van der Waals surface area contributed by atoms with E-state index in [1.54, 1.807) is 31.2 Å². The fourth-order valence-corrected chi connectivity index (χ4v) is 1.65. The Bertz CT molecular complexity index is 613. The first-order valence-electron chi connectivity index (χ1n) is 5.69. The number of nitro groups is 1. The van der Waals surface area contributed by atoms with Gasteiger partial charge in [-0.1, -0.05) is 24.3 Å². The summed E-state index contributed by atoms with van der Waals surface area (Å²) in [5.74, 6) is -0.264. The fraction of sp³-hybridized carbons (Fsp3) is 0.143. The van der Waals surface area contributed by atoms with Crippen molar-refractivity contribution in [3.8, 4) is 5.75 Å². The SMILES string of the molecule is Cc1cccc(OCc2cccc([N+](=O)[O-])c2)c1F. The first kappa shape index (κ1) is 13.0. The Morgan fingerprint density at radius 3 is 2.74 bits per heavy atom. The normalized spacial score (nSPS) is 10.2. The summed E-state index contributed by atoms with van der Waals surface area (Å²) in [5.41, 5.74) is 1.11. The topological polar surface area (TPSA) is 52.4 Å². The summed E-state index contributed by atoms with van der Waals surface area (Å²) in [4.78, 5) is 10.2. The van der Waals surface area contributed by atoms with Crippen LogP contribution in [0.2, 0.25) is 0 Å². The monoisotopic (exact) mass is 261 g/mol. The van der Waals surface area contributed by atoms with Gasteiger partial charge in [-0.05, 0) is 24.1 Å². The van der Waals surface area contributed by atoms with E-state index in [0.29, 0.717) is 11.1 Å². The predicted molar refractivity (Wildman–Crippen MR) is 68.6 cm³/mol. The summed E-state index contributed by atoms with van der Waals surface area (Å²) in [6, 6.07) is 10.9. The molecule has 0 aliphatic heterocycles. The highest BCUT2D eigenvalue weighted by Crippen LogP contribution is 2.21. The molecule has 0 bridgehead atoms. The van der Waals surface area contributed by atoms with E-state index >= 15 is 0 Å². The van der Waals surface area contributed by atoms with E-state index in [1.165, 1.54) is 18.2 Å². The number of halogens is 1. The van der Waals surface area contributed by atoms with Gasteiger partial charge in [0.15, 0.2) is 11.6 Å². The Morgan fingerprint density at radius 2 is 2.00 bits per heavy atom. The number of ether oxygens (including phenoxy) is 1. The van der Waals surface area contributed by atoms with Crippen LogP contribution in [0.4, 0.5) is 10.1 Å². The molecule has 0 unspecified atom stereocenters. The van der Waals surface area contributed by atoms with Crippen molar-refractivity contribution in [1.82, 2.24) is 0 Å². The van der Waals surface area contributed by atoms with Crippen LogP contribution < -0.4 is 4.74 Å². The van der Waals surface area contributed by atoms with Gasteiger partial charge in [0.05, 0.1) is 4.92 Å².